The fourth-order valence-corrected chi connectivity index (χ4v) is 5.71. The number of carbonyl (C=O) groups excluding carboxylic acids is 2. The minimum atomic E-state index is -1.34. The average molecular weight is 1000 g/mol. The van der Waals surface area contributed by atoms with Gasteiger partial charge >= 0.3 is 0 Å². The fraction of sp³-hybridized carbons (Fsp3) is 0. The smallest absolute Gasteiger partial charge is 0.275 e. The molecule has 1 heterocycles. The van der Waals surface area contributed by atoms with Crippen LogP contribution in [-0.4, -0.2) is 83.8 Å². The molecule has 0 fully saturated rings. The number of non-ortho nitro benzene ring substituents is 4. The maximum Gasteiger partial charge on any atom is 0.275 e. The number of anilines is 4. The number of benzene rings is 4. The molecule has 0 unspecified atom stereocenters. The van der Waals surface area contributed by atoms with E-state index < -0.39 is 95.9 Å². The van der Waals surface area contributed by atoms with Crippen LogP contribution < -0.4 is 58.5 Å². The van der Waals surface area contributed by atoms with E-state index in [2.05, 4.69) is 58.2 Å². The molecule has 2 amide bonds. The second-order valence-corrected chi connectivity index (χ2v) is 14.0. The third-order valence-corrected chi connectivity index (χ3v) is 8.83. The van der Waals surface area contributed by atoms with Gasteiger partial charge in [-0.25, -0.2) is 4.99 Å². The van der Waals surface area contributed by atoms with E-state index in [4.69, 9.17) is 43.3 Å². The van der Waals surface area contributed by atoms with Gasteiger partial charge in [0.05, 0.1) is 25.1 Å². The van der Waals surface area contributed by atoms with Crippen LogP contribution in [0.4, 0.5) is 45.5 Å². The lowest BCUT2D eigenvalue weighted by molar-refractivity contribution is -0.385. The number of nitro groups is 4. The molecule has 1 aromatic heterocycles. The van der Waals surface area contributed by atoms with Crippen LogP contribution in [0.5, 0.6) is 0 Å². The Kier molecular flexibility index (Phi) is 16.6. The first-order chi connectivity index (χ1) is 34.5. The van der Waals surface area contributed by atoms with E-state index >= 15 is 0 Å². The Bertz CT molecular complexity index is 3090. The molecule has 4 aromatic carbocycles. The zero-order valence-corrected chi connectivity index (χ0v) is 36.7. The lowest BCUT2D eigenvalue weighted by Gasteiger charge is -2.21. The van der Waals surface area contributed by atoms with E-state index in [1.807, 2.05) is 0 Å². The molecular formula is C39H36N24O10. The highest BCUT2D eigenvalue weighted by Gasteiger charge is 2.25. The van der Waals surface area contributed by atoms with Crippen molar-refractivity contribution in [2.24, 2.45) is 4.99 Å². The van der Waals surface area contributed by atoms with Gasteiger partial charge in [-0.05, 0) is 60.7 Å². The highest BCUT2D eigenvalue weighted by Crippen LogP contribution is 2.18. The average Bonchev–Trinajstić information content (AvgIpc) is 3.31. The summed E-state index contributed by atoms with van der Waals surface area (Å²) in [6.45, 7) is 0. The number of hydrogen-bond donors (Lipinski definition) is 18. The van der Waals surface area contributed by atoms with Gasteiger partial charge in [0.15, 0.2) is 23.8 Å². The maximum absolute atomic E-state index is 14.2. The molecular weight excluding hydrogens is 965 g/mol. The zero-order chi connectivity index (χ0) is 53.5. The molecule has 18 N–H and O–H groups in total. The van der Waals surface area contributed by atoms with E-state index in [0.717, 1.165) is 60.7 Å². The Balaban J connectivity index is 1.50. The quantitative estimate of drug-likeness (QED) is 0.0414. The molecule has 372 valence electrons. The topological polar surface area (TPSA) is 535 Å². The fourth-order valence-electron chi connectivity index (χ4n) is 5.71. The highest BCUT2D eigenvalue weighted by atomic mass is 16.6. The summed E-state index contributed by atoms with van der Waals surface area (Å²) in [4.78, 5) is 74.1. The number of nitro benzene ring substituents is 4. The molecule has 5 aromatic rings. The second-order valence-electron chi connectivity index (χ2n) is 14.0. The lowest BCUT2D eigenvalue weighted by atomic mass is 10.2. The first-order valence-corrected chi connectivity index (χ1v) is 19.8. The normalized spacial score (nSPS) is 10.1. The molecule has 0 spiro atoms. The summed E-state index contributed by atoms with van der Waals surface area (Å²) in [6, 6.07) is 20.8. The van der Waals surface area contributed by atoms with Crippen molar-refractivity contribution in [2.75, 3.05) is 21.3 Å². The summed E-state index contributed by atoms with van der Waals surface area (Å²) in [5.74, 6) is -8.93. The van der Waals surface area contributed by atoms with Gasteiger partial charge in [-0.15, -0.1) is 0 Å². The minimum Gasteiger partial charge on any atom is -0.326 e. The van der Waals surface area contributed by atoms with Gasteiger partial charge in [0.2, 0.25) is 23.8 Å². The maximum atomic E-state index is 14.2. The Morgan fingerprint density at radius 3 is 0.959 bits per heavy atom. The molecule has 0 aliphatic heterocycles. The summed E-state index contributed by atoms with van der Waals surface area (Å²) in [5.41, 5.74) is -2.05. The van der Waals surface area contributed by atoms with E-state index in [1.165, 1.54) is 48.5 Å². The lowest BCUT2D eigenvalue weighted by Crippen LogP contribution is -2.49. The van der Waals surface area contributed by atoms with Crippen molar-refractivity contribution in [3.05, 3.63) is 166 Å². The summed E-state index contributed by atoms with van der Waals surface area (Å²) in [5, 5.41) is 135. The predicted molar refractivity (Wildman–Crippen MR) is 262 cm³/mol. The SMILES string of the molecule is N=C(N=c1cc(C(=O)NC(=N)NC(=N)Nc2ccc([N+](=O)[O-])cc2)n(C(=N)NC(=N)Nc2ccc([N+](=O)[O-])cc2)c(C(=O)NC(=N)NC(=N)Nc2ccc([N+](=O)[O-])cc2)c1)NC(=N)Nc1ccc([N+](=O)[O-])cc1. The third-order valence-electron chi connectivity index (χ3n) is 8.83. The first kappa shape index (κ1) is 52.1. The number of nitrogens with one attached hydrogen (secondary N) is 18. The molecule has 0 bridgehead atoms. The molecule has 0 saturated heterocycles. The van der Waals surface area contributed by atoms with Gasteiger partial charge in [-0.1, -0.05) is 0 Å². The van der Waals surface area contributed by atoms with Gasteiger partial charge in [0.25, 0.3) is 34.6 Å². The number of pyridine rings is 1. The van der Waals surface area contributed by atoms with Gasteiger partial charge in [-0.3, -0.25) is 130 Å². The molecule has 34 heteroatoms. The van der Waals surface area contributed by atoms with Crippen molar-refractivity contribution in [3.8, 4) is 0 Å². The molecule has 0 saturated carbocycles. The number of carbonyl (C=O) groups is 2. The number of nitrogens with zero attached hydrogens (tertiary/aromatic N) is 6. The first-order valence-electron chi connectivity index (χ1n) is 19.8. The van der Waals surface area contributed by atoms with Gasteiger partial charge < -0.3 is 21.3 Å². The molecule has 0 aliphatic carbocycles. The van der Waals surface area contributed by atoms with Crippen LogP contribution >= 0.6 is 0 Å². The Morgan fingerprint density at radius 2 is 0.671 bits per heavy atom. The van der Waals surface area contributed by atoms with E-state index in [1.54, 1.807) is 0 Å². The molecule has 0 aliphatic rings. The van der Waals surface area contributed by atoms with Crippen molar-refractivity contribution >= 4 is 105 Å². The van der Waals surface area contributed by atoms with Crippen molar-refractivity contribution in [1.82, 2.24) is 36.5 Å². The molecule has 5 rings (SSSR count). The summed E-state index contributed by atoms with van der Waals surface area (Å²) < 4.78 is 0.548. The monoisotopic (exact) mass is 1000 g/mol. The Hall–Kier alpha value is -11.9. The van der Waals surface area contributed by atoms with E-state index in [-0.39, 0.29) is 45.5 Å². The summed E-state index contributed by atoms with van der Waals surface area (Å²) >= 11 is 0. The largest absolute Gasteiger partial charge is 0.326 e. The van der Waals surface area contributed by atoms with Crippen LogP contribution in [0.15, 0.2) is 114 Å². The van der Waals surface area contributed by atoms with Crippen LogP contribution in [0.2, 0.25) is 0 Å². The number of hydrogen-bond acceptors (Lipinski definition) is 18. The number of amides is 2. The number of guanidine groups is 7. The van der Waals surface area contributed by atoms with E-state index in [9.17, 15) is 50.0 Å². The third kappa shape index (κ3) is 15.1. The molecule has 0 atom stereocenters. The zero-order valence-electron chi connectivity index (χ0n) is 36.7. The molecule has 0 radical (unpaired) electrons. The van der Waals surface area contributed by atoms with Crippen molar-refractivity contribution < 1.29 is 29.3 Å². The van der Waals surface area contributed by atoms with Crippen LogP contribution in [0.3, 0.4) is 0 Å². The van der Waals surface area contributed by atoms with Crippen LogP contribution in [0.1, 0.15) is 21.0 Å². The number of aromatic nitrogens is 1. The van der Waals surface area contributed by atoms with Crippen LogP contribution in [0, 0.1) is 83.7 Å². The molecule has 73 heavy (non-hydrogen) atoms. The van der Waals surface area contributed by atoms with Crippen molar-refractivity contribution in [3.63, 3.8) is 0 Å². The van der Waals surface area contributed by atoms with Gasteiger partial charge in [-0.2, -0.15) is 0 Å². The Morgan fingerprint density at radius 1 is 0.397 bits per heavy atom. The van der Waals surface area contributed by atoms with Crippen LogP contribution in [0.25, 0.3) is 0 Å². The van der Waals surface area contributed by atoms with Gasteiger partial charge in [0, 0.05) is 71.3 Å². The highest BCUT2D eigenvalue weighted by molar-refractivity contribution is 6.15. The second kappa shape index (κ2) is 23.2. The standard InChI is InChI=1S/C39H36N24O10/c40-32(48-19-1-9-24(10-2-19)60(66)67)55-35(43)52-23-17-28(30(64)53-37(45)56-33(41)49-20-3-11-25(12-4-20)61(68)69)59(39(47)58-36(44)51-22-7-15-27(16-8-22)63(72)73)29(18-23)31(65)54-38(46)57-34(42)50-21-5-13-26(14-6-21)62(70)71/h1-18H,(H4,40,43,48,55)(H4,44,47,51,58)(H5,41,45,49,53,56,64)(H5,42,46,50,54,57,65). The predicted octanol–water partition coefficient (Wildman–Crippen LogP) is 2.61. The summed E-state index contributed by atoms with van der Waals surface area (Å²) in [7, 11) is 0. The summed E-state index contributed by atoms with van der Waals surface area (Å²) in [6.07, 6.45) is 0. The van der Waals surface area contributed by atoms with Crippen molar-refractivity contribution in [1.29, 1.82) is 43.3 Å². The van der Waals surface area contributed by atoms with E-state index in [0.29, 0.717) is 4.57 Å². The van der Waals surface area contributed by atoms with Crippen LogP contribution in [-0.2, 0) is 0 Å². The number of rotatable bonds is 10. The van der Waals surface area contributed by atoms with Gasteiger partial charge in [0.1, 0.15) is 11.4 Å². The van der Waals surface area contributed by atoms with Crippen molar-refractivity contribution in [2.45, 2.75) is 0 Å². The Labute approximate surface area is 406 Å². The minimum absolute atomic E-state index is 0.0965. The molecule has 34 nitrogen and oxygen atoms in total.